The second-order valence-corrected chi connectivity index (χ2v) is 8.14. The molecule has 8 nitrogen and oxygen atoms in total. The van der Waals surface area contributed by atoms with Crippen molar-refractivity contribution in [3.05, 3.63) is 93.5 Å². The van der Waals surface area contributed by atoms with E-state index in [2.05, 4.69) is 15.1 Å². The van der Waals surface area contributed by atoms with E-state index in [0.29, 0.717) is 31.9 Å². The second kappa shape index (κ2) is 9.89. The quantitative estimate of drug-likeness (QED) is 0.411. The number of phenols is 1. The number of phenolic OH excluding ortho intramolecular Hbond substituents is 1. The first-order chi connectivity index (χ1) is 15.9. The average molecular weight is 467 g/mol. The highest BCUT2D eigenvalue weighted by atomic mass is 35.5. The third-order valence-electron chi connectivity index (χ3n) is 5.68. The van der Waals surface area contributed by atoms with Crippen molar-refractivity contribution in [2.24, 2.45) is 0 Å². The maximum Gasteiger partial charge on any atom is 0.289 e. The minimum absolute atomic E-state index is 0.0119. The van der Waals surface area contributed by atoms with Crippen LogP contribution in [0, 0.1) is 10.1 Å². The number of rotatable bonds is 6. The summed E-state index contributed by atoms with van der Waals surface area (Å²) in [5.41, 5.74) is 1.65. The van der Waals surface area contributed by atoms with Crippen molar-refractivity contribution in [2.45, 2.75) is 6.04 Å². The summed E-state index contributed by atoms with van der Waals surface area (Å²) in [6.45, 7) is 2.48. The third kappa shape index (κ3) is 5.08. The number of carbonyl (C=O) groups is 1. The van der Waals surface area contributed by atoms with Gasteiger partial charge in [0.2, 0.25) is 5.91 Å². The fourth-order valence-corrected chi connectivity index (χ4v) is 4.24. The zero-order valence-electron chi connectivity index (χ0n) is 17.7. The molecule has 1 amide bonds. The van der Waals surface area contributed by atoms with Crippen molar-refractivity contribution < 1.29 is 14.8 Å². The van der Waals surface area contributed by atoms with Crippen LogP contribution in [0.3, 0.4) is 0 Å². The first-order valence-electron chi connectivity index (χ1n) is 10.5. The molecule has 0 saturated carbocycles. The van der Waals surface area contributed by atoms with E-state index in [1.807, 2.05) is 42.5 Å². The number of nitro benzene ring substituents is 1. The SMILES string of the molecule is O=C(Nc1ccc(Cl)c([N+](=O)[O-])c1)[C@@H](c1ccccc1)N1CCN(c2ccccc2O)CC1. The maximum atomic E-state index is 13.4. The normalized spacial score (nSPS) is 15.1. The number of halogens is 1. The fourth-order valence-electron chi connectivity index (χ4n) is 4.06. The van der Waals surface area contributed by atoms with Crippen molar-refractivity contribution in [1.29, 1.82) is 0 Å². The maximum absolute atomic E-state index is 13.4. The number of nitrogens with zero attached hydrogens (tertiary/aromatic N) is 3. The van der Waals surface area contributed by atoms with Crippen LogP contribution >= 0.6 is 11.6 Å². The molecule has 3 aromatic carbocycles. The average Bonchev–Trinajstić information content (AvgIpc) is 2.82. The molecule has 2 N–H and O–H groups in total. The summed E-state index contributed by atoms with van der Waals surface area (Å²) in [6, 6.07) is 20.3. The number of para-hydroxylation sites is 2. The number of amides is 1. The topological polar surface area (TPSA) is 98.9 Å². The number of benzene rings is 3. The molecule has 3 aromatic rings. The van der Waals surface area contributed by atoms with Crippen LogP contribution < -0.4 is 10.2 Å². The Balaban J connectivity index is 1.54. The summed E-state index contributed by atoms with van der Waals surface area (Å²) in [5.74, 6) is -0.0542. The molecule has 0 bridgehead atoms. The van der Waals surface area contributed by atoms with Gasteiger partial charge >= 0.3 is 0 Å². The molecule has 1 aliphatic heterocycles. The van der Waals surface area contributed by atoms with Gasteiger partial charge in [-0.15, -0.1) is 0 Å². The molecule has 9 heteroatoms. The van der Waals surface area contributed by atoms with Gasteiger partial charge in [-0.05, 0) is 29.8 Å². The van der Waals surface area contributed by atoms with Crippen LogP contribution in [0.2, 0.25) is 5.02 Å². The Kier molecular flexibility index (Phi) is 6.76. The molecule has 1 saturated heterocycles. The Morgan fingerprint density at radius 2 is 1.67 bits per heavy atom. The predicted octanol–water partition coefficient (Wildman–Crippen LogP) is 4.46. The van der Waals surface area contributed by atoms with Gasteiger partial charge < -0.3 is 15.3 Å². The Morgan fingerprint density at radius 3 is 2.33 bits per heavy atom. The number of hydrogen-bond donors (Lipinski definition) is 2. The van der Waals surface area contributed by atoms with E-state index in [4.69, 9.17) is 11.6 Å². The van der Waals surface area contributed by atoms with Gasteiger partial charge in [-0.2, -0.15) is 0 Å². The first kappa shape index (κ1) is 22.6. The van der Waals surface area contributed by atoms with E-state index >= 15 is 0 Å². The summed E-state index contributed by atoms with van der Waals surface area (Å²) in [7, 11) is 0. The van der Waals surface area contributed by atoms with Crippen molar-refractivity contribution in [3.8, 4) is 5.75 Å². The van der Waals surface area contributed by atoms with Crippen LogP contribution in [-0.4, -0.2) is 47.0 Å². The van der Waals surface area contributed by atoms with Crippen LogP contribution in [0.25, 0.3) is 0 Å². The molecule has 0 spiro atoms. The standard InChI is InChI=1S/C24H23ClN4O4/c25-19-11-10-18(16-21(19)29(32)33)26-24(31)23(17-6-2-1-3-7-17)28-14-12-27(13-15-28)20-8-4-5-9-22(20)30/h1-11,16,23,30H,12-15H2,(H,26,31)/t23-/m1/s1. The Morgan fingerprint density at radius 1 is 1.00 bits per heavy atom. The van der Waals surface area contributed by atoms with Gasteiger partial charge in [0, 0.05) is 37.9 Å². The minimum Gasteiger partial charge on any atom is -0.506 e. The molecule has 0 aliphatic carbocycles. The number of hydrogen-bond acceptors (Lipinski definition) is 6. The van der Waals surface area contributed by atoms with Gasteiger partial charge in [-0.25, -0.2) is 0 Å². The summed E-state index contributed by atoms with van der Waals surface area (Å²) in [5, 5.41) is 24.2. The summed E-state index contributed by atoms with van der Waals surface area (Å²) in [6.07, 6.45) is 0. The fraction of sp³-hybridized carbons (Fsp3) is 0.208. The van der Waals surface area contributed by atoms with Crippen molar-refractivity contribution in [2.75, 3.05) is 36.4 Å². The highest BCUT2D eigenvalue weighted by Gasteiger charge is 2.31. The number of aromatic hydroxyl groups is 1. The highest BCUT2D eigenvalue weighted by Crippen LogP contribution is 2.31. The van der Waals surface area contributed by atoms with E-state index in [0.717, 1.165) is 11.3 Å². The zero-order valence-corrected chi connectivity index (χ0v) is 18.5. The van der Waals surface area contributed by atoms with Gasteiger partial charge in [0.25, 0.3) is 5.69 Å². The van der Waals surface area contributed by atoms with Gasteiger partial charge in [0.15, 0.2) is 0 Å². The molecule has 0 aromatic heterocycles. The highest BCUT2D eigenvalue weighted by molar-refractivity contribution is 6.32. The van der Waals surface area contributed by atoms with Gasteiger partial charge in [0.1, 0.15) is 16.8 Å². The molecular weight excluding hydrogens is 444 g/mol. The lowest BCUT2D eigenvalue weighted by Crippen LogP contribution is -2.50. The molecule has 4 rings (SSSR count). The number of anilines is 2. The van der Waals surface area contributed by atoms with E-state index in [1.165, 1.54) is 12.1 Å². The molecule has 1 aliphatic rings. The largest absolute Gasteiger partial charge is 0.506 e. The zero-order chi connectivity index (χ0) is 23.4. The lowest BCUT2D eigenvalue weighted by Gasteiger charge is -2.39. The predicted molar refractivity (Wildman–Crippen MR) is 128 cm³/mol. The van der Waals surface area contributed by atoms with Crippen molar-refractivity contribution in [1.82, 2.24) is 4.90 Å². The number of nitrogens with one attached hydrogen (secondary N) is 1. The van der Waals surface area contributed by atoms with Crippen LogP contribution in [0.5, 0.6) is 5.75 Å². The molecule has 1 atom stereocenters. The van der Waals surface area contributed by atoms with Gasteiger partial charge in [-0.3, -0.25) is 19.8 Å². The molecule has 170 valence electrons. The van der Waals surface area contributed by atoms with Crippen LogP contribution in [0.15, 0.2) is 72.8 Å². The molecule has 33 heavy (non-hydrogen) atoms. The number of nitro groups is 1. The molecule has 0 radical (unpaired) electrons. The number of piperazine rings is 1. The van der Waals surface area contributed by atoms with Crippen LogP contribution in [-0.2, 0) is 4.79 Å². The van der Waals surface area contributed by atoms with E-state index < -0.39 is 11.0 Å². The summed E-state index contributed by atoms with van der Waals surface area (Å²) in [4.78, 5) is 28.2. The number of carbonyl (C=O) groups excluding carboxylic acids is 1. The monoisotopic (exact) mass is 466 g/mol. The molecule has 0 unspecified atom stereocenters. The van der Waals surface area contributed by atoms with E-state index in [9.17, 15) is 20.0 Å². The molecular formula is C24H23ClN4O4. The minimum atomic E-state index is -0.578. The van der Waals surface area contributed by atoms with Crippen LogP contribution in [0.4, 0.5) is 17.1 Å². The Bertz CT molecular complexity index is 1150. The van der Waals surface area contributed by atoms with Crippen LogP contribution in [0.1, 0.15) is 11.6 Å². The smallest absolute Gasteiger partial charge is 0.289 e. The van der Waals surface area contributed by atoms with Gasteiger partial charge in [0.05, 0.1) is 10.6 Å². The van der Waals surface area contributed by atoms with Crippen molar-refractivity contribution >= 4 is 34.6 Å². The van der Waals surface area contributed by atoms with Gasteiger partial charge in [-0.1, -0.05) is 54.1 Å². The lowest BCUT2D eigenvalue weighted by molar-refractivity contribution is -0.384. The third-order valence-corrected chi connectivity index (χ3v) is 6.00. The van der Waals surface area contributed by atoms with E-state index in [-0.39, 0.29) is 22.4 Å². The Hall–Kier alpha value is -3.62. The summed E-state index contributed by atoms with van der Waals surface area (Å²) < 4.78 is 0. The second-order valence-electron chi connectivity index (χ2n) is 7.74. The molecule has 1 fully saturated rings. The van der Waals surface area contributed by atoms with E-state index in [1.54, 1.807) is 18.2 Å². The lowest BCUT2D eigenvalue weighted by atomic mass is 10.0. The molecule has 1 heterocycles. The first-order valence-corrected chi connectivity index (χ1v) is 10.9. The summed E-state index contributed by atoms with van der Waals surface area (Å²) >= 11 is 5.90. The van der Waals surface area contributed by atoms with Crippen molar-refractivity contribution in [3.63, 3.8) is 0 Å². The Labute approximate surface area is 196 Å².